The number of para-hydroxylation sites is 1. The van der Waals surface area contributed by atoms with Gasteiger partial charge in [-0.3, -0.25) is 9.69 Å². The lowest BCUT2D eigenvalue weighted by Crippen LogP contribution is -2.50. The molecule has 0 spiro atoms. The molecule has 3 aromatic rings. The van der Waals surface area contributed by atoms with Crippen molar-refractivity contribution in [3.05, 3.63) is 71.9 Å². The van der Waals surface area contributed by atoms with E-state index in [1.807, 2.05) is 55.6 Å². The summed E-state index contributed by atoms with van der Waals surface area (Å²) in [7, 11) is 4.16. The van der Waals surface area contributed by atoms with Gasteiger partial charge in [0.2, 0.25) is 5.11 Å². The molecule has 1 heterocycles. The summed E-state index contributed by atoms with van der Waals surface area (Å²) in [5.41, 5.74) is 0.391. The molecule has 1 aliphatic carbocycles. The molecule has 5 N–H and O–H groups in total. The number of carbonyl (C=O) groups is 3. The predicted octanol–water partition coefficient (Wildman–Crippen LogP) is 4.06. The Bertz CT molecular complexity index is 1500. The highest BCUT2D eigenvalue weighted by atomic mass is 32.1. The molecule has 1 aromatic heterocycles. The Hall–Kier alpha value is -4.00. The molecule has 0 saturated heterocycles. The molecule has 2 unspecified atom stereocenters. The Balaban J connectivity index is 1.48. The predicted molar refractivity (Wildman–Crippen MR) is 173 cm³/mol. The number of fused-ring (bicyclic) bond motifs is 1. The van der Waals surface area contributed by atoms with Gasteiger partial charge in [-0.25, -0.2) is 9.59 Å². The maximum atomic E-state index is 13.0. The van der Waals surface area contributed by atoms with E-state index in [2.05, 4.69) is 41.4 Å². The summed E-state index contributed by atoms with van der Waals surface area (Å²) >= 11 is 5.70. The highest BCUT2D eigenvalue weighted by molar-refractivity contribution is 7.80. The number of aromatic nitrogens is 1. The number of hydrogen-bond acceptors (Lipinski definition) is 7. The Morgan fingerprint density at radius 3 is 2.33 bits per heavy atom. The van der Waals surface area contributed by atoms with Gasteiger partial charge in [-0.15, -0.1) is 0 Å². The van der Waals surface area contributed by atoms with Crippen molar-refractivity contribution < 1.29 is 34.5 Å². The van der Waals surface area contributed by atoms with Crippen LogP contribution in [0.4, 0.5) is 0 Å². The second-order valence-electron chi connectivity index (χ2n) is 12.3. The summed E-state index contributed by atoms with van der Waals surface area (Å²) < 4.78 is 0. The maximum Gasteiger partial charge on any atom is 0.336 e. The van der Waals surface area contributed by atoms with Crippen LogP contribution >= 0.6 is 12.2 Å². The molecule has 4 rings (SSSR count). The van der Waals surface area contributed by atoms with Crippen molar-refractivity contribution >= 4 is 46.1 Å². The number of aliphatic carboxylic acids is 2. The largest absolute Gasteiger partial charge is 0.481 e. The number of hydroxylamine groups is 2. The van der Waals surface area contributed by atoms with Crippen LogP contribution in [0.2, 0.25) is 0 Å². The molecule has 12 heteroatoms. The Kier molecular flexibility index (Phi) is 10.8. The van der Waals surface area contributed by atoms with E-state index in [9.17, 15) is 24.6 Å². The van der Waals surface area contributed by atoms with Gasteiger partial charge >= 0.3 is 17.9 Å². The number of thiocarbonyl (C=S) groups is 1. The van der Waals surface area contributed by atoms with E-state index in [0.717, 1.165) is 42.1 Å². The smallest absolute Gasteiger partial charge is 0.336 e. The number of aliphatic hydroxyl groups is 1. The van der Waals surface area contributed by atoms with Crippen LogP contribution in [0, 0.1) is 5.92 Å². The fourth-order valence-electron chi connectivity index (χ4n) is 6.30. The molecule has 242 valence electrons. The van der Waals surface area contributed by atoms with E-state index in [-0.39, 0.29) is 29.2 Å². The number of nitrogens with zero attached hydrogens (tertiary/aromatic N) is 2. The van der Waals surface area contributed by atoms with Gasteiger partial charge in [0.1, 0.15) is 0 Å². The molecule has 2 atom stereocenters. The third kappa shape index (κ3) is 8.19. The van der Waals surface area contributed by atoms with E-state index in [1.165, 1.54) is 10.6 Å². The van der Waals surface area contributed by atoms with Gasteiger partial charge in [-0.1, -0.05) is 48.5 Å². The number of carboxylic acids is 2. The molecule has 1 saturated carbocycles. The van der Waals surface area contributed by atoms with Crippen LogP contribution in [0.1, 0.15) is 56.6 Å². The minimum atomic E-state index is -2.82. The summed E-state index contributed by atoms with van der Waals surface area (Å²) in [6.07, 6.45) is 3.72. The number of hydrogen-bond donors (Lipinski definition) is 5. The summed E-state index contributed by atoms with van der Waals surface area (Å²) in [5.74, 6) is -4.39. The van der Waals surface area contributed by atoms with Crippen molar-refractivity contribution in [2.75, 3.05) is 20.6 Å². The zero-order valence-corrected chi connectivity index (χ0v) is 26.7. The number of H-pyrrole nitrogens is 1. The van der Waals surface area contributed by atoms with E-state index >= 15 is 0 Å². The van der Waals surface area contributed by atoms with Crippen LogP contribution in [0.5, 0.6) is 0 Å². The standard InChI is InChI=1S/C33H42N4O7S/c1-22(17-24-20-34-27-12-8-7-11-26(24)27)35-31(45)37(44-29(40)19-33(43,30(41)42)18-28(38)39)21-23-13-15-32(16-14-23,36(2)3)25-9-5-4-6-10-25/h4-12,20,22-23,34,43H,13-19,21H2,1-3H3,(H,35,45)(H,38,39)(H,41,42). The lowest BCUT2D eigenvalue weighted by atomic mass is 9.72. The Labute approximate surface area is 268 Å². The lowest BCUT2D eigenvalue weighted by Gasteiger charge is -2.46. The van der Waals surface area contributed by atoms with Crippen molar-refractivity contribution in [1.29, 1.82) is 0 Å². The first-order chi connectivity index (χ1) is 21.3. The third-order valence-corrected chi connectivity index (χ3v) is 9.13. The van der Waals surface area contributed by atoms with Crippen molar-refractivity contribution in [1.82, 2.24) is 20.3 Å². The minimum absolute atomic E-state index is 0.0932. The first kappa shape index (κ1) is 33.9. The van der Waals surface area contributed by atoms with Gasteiger partial charge in [-0.05, 0) is 88.5 Å². The van der Waals surface area contributed by atoms with Crippen molar-refractivity contribution in [3.63, 3.8) is 0 Å². The summed E-state index contributed by atoms with van der Waals surface area (Å²) in [6.45, 7) is 2.20. The molecule has 0 bridgehead atoms. The molecule has 0 aliphatic heterocycles. The highest BCUT2D eigenvalue weighted by Crippen LogP contribution is 2.43. The van der Waals surface area contributed by atoms with Crippen molar-refractivity contribution in [2.45, 2.75) is 69.1 Å². The quantitative estimate of drug-likeness (QED) is 0.144. The van der Waals surface area contributed by atoms with Gasteiger partial charge in [0, 0.05) is 28.7 Å². The normalized spacial score (nSPS) is 20.2. The molecular formula is C33H42N4O7S. The van der Waals surface area contributed by atoms with Gasteiger partial charge in [-0.2, -0.15) is 5.06 Å². The lowest BCUT2D eigenvalue weighted by molar-refractivity contribution is -0.187. The van der Waals surface area contributed by atoms with Gasteiger partial charge in [0.05, 0.1) is 19.4 Å². The molecular weight excluding hydrogens is 596 g/mol. The molecule has 0 radical (unpaired) electrons. The van der Waals surface area contributed by atoms with Crippen LogP contribution in [0.25, 0.3) is 10.9 Å². The van der Waals surface area contributed by atoms with Gasteiger partial charge in [0.15, 0.2) is 5.60 Å². The van der Waals surface area contributed by atoms with Gasteiger partial charge in [0.25, 0.3) is 0 Å². The first-order valence-corrected chi connectivity index (χ1v) is 15.5. The van der Waals surface area contributed by atoms with E-state index < -0.39 is 36.4 Å². The zero-order valence-electron chi connectivity index (χ0n) is 25.9. The summed E-state index contributed by atoms with van der Waals surface area (Å²) in [5, 5.41) is 34.7. The molecule has 2 aromatic carbocycles. The number of carboxylic acid groups (broad SMARTS) is 2. The molecule has 1 fully saturated rings. The summed E-state index contributed by atoms with van der Waals surface area (Å²) in [6, 6.07) is 18.2. The molecule has 0 amide bonds. The summed E-state index contributed by atoms with van der Waals surface area (Å²) in [4.78, 5) is 47.0. The second-order valence-corrected chi connectivity index (χ2v) is 12.6. The Morgan fingerprint density at radius 1 is 1.07 bits per heavy atom. The topological polar surface area (TPSA) is 155 Å². The first-order valence-electron chi connectivity index (χ1n) is 15.1. The van der Waals surface area contributed by atoms with Crippen LogP contribution in [-0.2, 0) is 31.2 Å². The zero-order chi connectivity index (χ0) is 32.8. The number of benzene rings is 2. The van der Waals surface area contributed by atoms with E-state index in [0.29, 0.717) is 6.42 Å². The van der Waals surface area contributed by atoms with Crippen LogP contribution < -0.4 is 5.32 Å². The molecule has 45 heavy (non-hydrogen) atoms. The molecule has 11 nitrogen and oxygen atoms in total. The van der Waals surface area contributed by atoms with Crippen LogP contribution in [-0.4, -0.2) is 85.6 Å². The fraction of sp³-hybridized carbons (Fsp3) is 0.455. The average Bonchev–Trinajstić information content (AvgIpc) is 3.39. The SMILES string of the molecule is CC(Cc1c[nH]c2ccccc12)NC(=S)N(CC1CCC(c2ccccc2)(N(C)C)CC1)OC(=O)CC(O)(CC(=O)O)C(=O)O. The highest BCUT2D eigenvalue weighted by Gasteiger charge is 2.43. The number of rotatable bonds is 12. The van der Waals surface area contributed by atoms with Gasteiger partial charge < -0.3 is 30.5 Å². The maximum absolute atomic E-state index is 13.0. The van der Waals surface area contributed by atoms with Crippen LogP contribution in [0.15, 0.2) is 60.8 Å². The second kappa shape index (κ2) is 14.4. The monoisotopic (exact) mass is 638 g/mol. The third-order valence-electron chi connectivity index (χ3n) is 8.81. The minimum Gasteiger partial charge on any atom is -0.481 e. The average molecular weight is 639 g/mol. The van der Waals surface area contributed by atoms with E-state index in [4.69, 9.17) is 22.2 Å². The fourth-order valence-corrected chi connectivity index (χ4v) is 6.61. The van der Waals surface area contributed by atoms with Crippen molar-refractivity contribution in [2.24, 2.45) is 5.92 Å². The molecule has 1 aliphatic rings. The van der Waals surface area contributed by atoms with E-state index in [1.54, 1.807) is 0 Å². The number of nitrogens with one attached hydrogen (secondary N) is 2. The van der Waals surface area contributed by atoms with Crippen molar-refractivity contribution in [3.8, 4) is 0 Å². The number of aromatic amines is 1. The Morgan fingerprint density at radius 2 is 1.71 bits per heavy atom. The number of carbonyl (C=O) groups excluding carboxylic acids is 1. The van der Waals surface area contributed by atoms with Crippen LogP contribution in [0.3, 0.4) is 0 Å².